The molecule has 0 saturated heterocycles. The second-order valence-corrected chi connectivity index (χ2v) is 3.02. The molecule has 0 bridgehead atoms. The monoisotopic (exact) mass is 211 g/mol. The molecule has 0 saturated carbocycles. The molecule has 1 rings (SSSR count). The zero-order valence-corrected chi connectivity index (χ0v) is 8.64. The summed E-state index contributed by atoms with van der Waals surface area (Å²) in [6.07, 6.45) is 2.72. The standard InChI is InChI=1S/C9H13N3O3/c1-6(10)5-15-8-4-11-3-7(12-8)9(13)14-2/h3-4,6H,5,10H2,1-2H3. The van der Waals surface area contributed by atoms with Crippen molar-refractivity contribution in [3.8, 4) is 5.88 Å². The number of nitrogens with two attached hydrogens (primary N) is 1. The zero-order valence-electron chi connectivity index (χ0n) is 8.64. The van der Waals surface area contributed by atoms with Crippen molar-refractivity contribution in [1.82, 2.24) is 9.97 Å². The Hall–Kier alpha value is -1.69. The Balaban J connectivity index is 2.70. The molecular weight excluding hydrogens is 198 g/mol. The van der Waals surface area contributed by atoms with Crippen molar-refractivity contribution in [3.63, 3.8) is 0 Å². The average molecular weight is 211 g/mol. The summed E-state index contributed by atoms with van der Waals surface area (Å²) >= 11 is 0. The fraction of sp³-hybridized carbons (Fsp3) is 0.444. The Kier molecular flexibility index (Phi) is 3.99. The Morgan fingerprint density at radius 3 is 2.93 bits per heavy atom. The van der Waals surface area contributed by atoms with Gasteiger partial charge in [-0.25, -0.2) is 9.78 Å². The number of hydrogen-bond donors (Lipinski definition) is 1. The molecule has 15 heavy (non-hydrogen) atoms. The van der Waals surface area contributed by atoms with Gasteiger partial charge in [0.2, 0.25) is 5.88 Å². The molecule has 0 aliphatic heterocycles. The average Bonchev–Trinajstić information content (AvgIpc) is 2.25. The van der Waals surface area contributed by atoms with Crippen LogP contribution in [0.25, 0.3) is 0 Å². The third kappa shape index (κ3) is 3.51. The second kappa shape index (κ2) is 5.26. The van der Waals surface area contributed by atoms with Crippen molar-refractivity contribution in [3.05, 3.63) is 18.1 Å². The third-order valence-corrected chi connectivity index (χ3v) is 1.50. The van der Waals surface area contributed by atoms with E-state index in [-0.39, 0.29) is 17.6 Å². The second-order valence-electron chi connectivity index (χ2n) is 3.02. The minimum atomic E-state index is -0.547. The lowest BCUT2D eigenvalue weighted by Gasteiger charge is -2.07. The van der Waals surface area contributed by atoms with Crippen LogP contribution >= 0.6 is 0 Å². The number of aromatic nitrogens is 2. The Morgan fingerprint density at radius 1 is 1.60 bits per heavy atom. The van der Waals surface area contributed by atoms with Crippen LogP contribution in [0.3, 0.4) is 0 Å². The lowest BCUT2D eigenvalue weighted by Crippen LogP contribution is -2.24. The highest BCUT2D eigenvalue weighted by Crippen LogP contribution is 2.05. The number of hydrogen-bond acceptors (Lipinski definition) is 6. The molecule has 1 unspecified atom stereocenters. The van der Waals surface area contributed by atoms with E-state index in [1.54, 1.807) is 6.92 Å². The fourth-order valence-electron chi connectivity index (χ4n) is 0.837. The van der Waals surface area contributed by atoms with Crippen LogP contribution in [-0.2, 0) is 4.74 Å². The first kappa shape index (κ1) is 11.4. The Morgan fingerprint density at radius 2 is 2.33 bits per heavy atom. The molecule has 6 nitrogen and oxygen atoms in total. The number of carbonyl (C=O) groups excluding carboxylic acids is 1. The molecule has 0 aliphatic carbocycles. The summed E-state index contributed by atoms with van der Waals surface area (Å²) in [6, 6.07) is -0.103. The Bertz CT molecular complexity index is 341. The van der Waals surface area contributed by atoms with Gasteiger partial charge in [0.15, 0.2) is 5.69 Å². The summed E-state index contributed by atoms with van der Waals surface area (Å²) < 4.78 is 9.69. The molecule has 0 amide bonds. The van der Waals surface area contributed by atoms with Crippen molar-refractivity contribution in [1.29, 1.82) is 0 Å². The maximum absolute atomic E-state index is 11.1. The summed E-state index contributed by atoms with van der Waals surface area (Å²) in [4.78, 5) is 18.8. The number of carbonyl (C=O) groups is 1. The first-order valence-electron chi connectivity index (χ1n) is 4.42. The van der Waals surface area contributed by atoms with E-state index in [0.717, 1.165) is 0 Å². The molecule has 0 aromatic carbocycles. The predicted octanol–water partition coefficient (Wildman–Crippen LogP) is -0.0108. The van der Waals surface area contributed by atoms with E-state index in [4.69, 9.17) is 10.5 Å². The van der Waals surface area contributed by atoms with Gasteiger partial charge >= 0.3 is 5.97 Å². The van der Waals surface area contributed by atoms with Crippen molar-refractivity contribution in [2.24, 2.45) is 5.73 Å². The minimum Gasteiger partial charge on any atom is -0.475 e. The van der Waals surface area contributed by atoms with Crippen LogP contribution in [0.5, 0.6) is 5.88 Å². The van der Waals surface area contributed by atoms with E-state index < -0.39 is 5.97 Å². The summed E-state index contributed by atoms with van der Waals surface area (Å²) in [5, 5.41) is 0. The van der Waals surface area contributed by atoms with Crippen molar-refractivity contribution in [2.45, 2.75) is 13.0 Å². The van der Waals surface area contributed by atoms with Gasteiger partial charge in [-0.2, -0.15) is 0 Å². The van der Waals surface area contributed by atoms with Crippen molar-refractivity contribution in [2.75, 3.05) is 13.7 Å². The number of esters is 1. The number of nitrogens with zero attached hydrogens (tertiary/aromatic N) is 2. The SMILES string of the molecule is COC(=O)c1cncc(OCC(C)N)n1. The first-order chi connectivity index (χ1) is 7.13. The molecule has 6 heteroatoms. The molecule has 1 aromatic rings. The molecule has 82 valence electrons. The normalized spacial score (nSPS) is 11.9. The van der Waals surface area contributed by atoms with E-state index in [1.807, 2.05) is 0 Å². The summed E-state index contributed by atoms with van der Waals surface area (Å²) in [5.41, 5.74) is 5.61. The van der Waals surface area contributed by atoms with Gasteiger partial charge in [-0.1, -0.05) is 0 Å². The molecule has 0 spiro atoms. The van der Waals surface area contributed by atoms with Crippen LogP contribution in [0.15, 0.2) is 12.4 Å². The van der Waals surface area contributed by atoms with Gasteiger partial charge in [0.05, 0.1) is 19.5 Å². The summed E-state index contributed by atoms with van der Waals surface area (Å²) in [7, 11) is 1.28. The largest absolute Gasteiger partial charge is 0.475 e. The van der Waals surface area contributed by atoms with Crippen molar-refractivity contribution < 1.29 is 14.3 Å². The van der Waals surface area contributed by atoms with E-state index in [0.29, 0.717) is 6.61 Å². The van der Waals surface area contributed by atoms with Gasteiger partial charge in [0.25, 0.3) is 0 Å². The summed E-state index contributed by atoms with van der Waals surface area (Å²) in [6.45, 7) is 2.12. The van der Waals surface area contributed by atoms with Crippen LogP contribution in [-0.4, -0.2) is 35.7 Å². The van der Waals surface area contributed by atoms with Gasteiger partial charge in [-0.3, -0.25) is 4.98 Å². The van der Waals surface area contributed by atoms with Gasteiger partial charge < -0.3 is 15.2 Å². The van der Waals surface area contributed by atoms with E-state index in [9.17, 15) is 4.79 Å². The van der Waals surface area contributed by atoms with E-state index in [1.165, 1.54) is 19.5 Å². The smallest absolute Gasteiger partial charge is 0.358 e. The molecule has 2 N–H and O–H groups in total. The maximum Gasteiger partial charge on any atom is 0.358 e. The van der Waals surface area contributed by atoms with Crippen LogP contribution in [0.2, 0.25) is 0 Å². The molecule has 1 aromatic heterocycles. The van der Waals surface area contributed by atoms with Crippen LogP contribution in [0.4, 0.5) is 0 Å². The summed E-state index contributed by atoms with van der Waals surface area (Å²) in [5.74, 6) is -0.288. The first-order valence-corrected chi connectivity index (χ1v) is 4.42. The van der Waals surface area contributed by atoms with Crippen molar-refractivity contribution >= 4 is 5.97 Å². The molecule has 0 fully saturated rings. The molecule has 0 radical (unpaired) electrons. The highest BCUT2D eigenvalue weighted by atomic mass is 16.5. The van der Waals surface area contributed by atoms with Gasteiger partial charge in [0, 0.05) is 6.04 Å². The topological polar surface area (TPSA) is 87.3 Å². The molecular formula is C9H13N3O3. The highest BCUT2D eigenvalue weighted by molar-refractivity contribution is 5.86. The minimum absolute atomic E-state index is 0.103. The third-order valence-electron chi connectivity index (χ3n) is 1.50. The van der Waals surface area contributed by atoms with Crippen LogP contribution < -0.4 is 10.5 Å². The Labute approximate surface area is 87.4 Å². The highest BCUT2D eigenvalue weighted by Gasteiger charge is 2.09. The molecule has 1 atom stereocenters. The van der Waals surface area contributed by atoms with Gasteiger partial charge in [-0.05, 0) is 6.92 Å². The lowest BCUT2D eigenvalue weighted by atomic mass is 10.4. The number of methoxy groups -OCH3 is 1. The maximum atomic E-state index is 11.1. The zero-order chi connectivity index (χ0) is 11.3. The van der Waals surface area contributed by atoms with E-state index >= 15 is 0 Å². The van der Waals surface area contributed by atoms with Crippen LogP contribution in [0, 0.1) is 0 Å². The number of rotatable bonds is 4. The van der Waals surface area contributed by atoms with Crippen LogP contribution in [0.1, 0.15) is 17.4 Å². The quantitative estimate of drug-likeness (QED) is 0.705. The predicted molar refractivity (Wildman–Crippen MR) is 52.5 cm³/mol. The van der Waals surface area contributed by atoms with E-state index in [2.05, 4.69) is 14.7 Å². The fourth-order valence-corrected chi connectivity index (χ4v) is 0.837. The van der Waals surface area contributed by atoms with Gasteiger partial charge in [-0.15, -0.1) is 0 Å². The molecule has 0 aliphatic rings. The number of ether oxygens (including phenoxy) is 2. The van der Waals surface area contributed by atoms with Gasteiger partial charge in [0.1, 0.15) is 6.61 Å². The molecule has 1 heterocycles. The lowest BCUT2D eigenvalue weighted by molar-refractivity contribution is 0.0592.